The molecule has 0 spiro atoms. The van der Waals surface area contributed by atoms with Crippen LogP contribution in [0.5, 0.6) is 0 Å². The molecule has 5 nitrogen and oxygen atoms in total. The maximum atomic E-state index is 12.1. The third-order valence-electron chi connectivity index (χ3n) is 2.56. The van der Waals surface area contributed by atoms with Crippen LogP contribution in [0.25, 0.3) is 0 Å². The van der Waals surface area contributed by atoms with Crippen molar-refractivity contribution in [2.75, 3.05) is 31.6 Å². The number of amides is 1. The molecule has 1 amide bonds. The number of pyridine rings is 1. The third-order valence-corrected chi connectivity index (χ3v) is 2.56. The second-order valence-electron chi connectivity index (χ2n) is 3.94. The normalized spacial score (nSPS) is 10.2. The topological polar surface area (TPSA) is 65.5 Å². The summed E-state index contributed by atoms with van der Waals surface area (Å²) in [4.78, 5) is 18.0. The minimum atomic E-state index is -0.147. The van der Waals surface area contributed by atoms with Gasteiger partial charge in [-0.15, -0.1) is 0 Å². The monoisotopic (exact) mass is 251 g/mol. The lowest BCUT2D eigenvalue weighted by Gasteiger charge is -2.19. The van der Waals surface area contributed by atoms with Crippen molar-refractivity contribution in [3.63, 3.8) is 0 Å². The number of hydrogen-bond acceptors (Lipinski definition) is 4. The molecule has 1 aromatic rings. The maximum absolute atomic E-state index is 12.1. The number of nitrogens with zero attached hydrogens (tertiary/aromatic N) is 2. The Morgan fingerprint density at radius 3 is 2.83 bits per heavy atom. The van der Waals surface area contributed by atoms with E-state index >= 15 is 0 Å². The summed E-state index contributed by atoms with van der Waals surface area (Å²) in [7, 11) is 0. The second kappa shape index (κ2) is 7.66. The highest BCUT2D eigenvalue weighted by atomic mass is 16.3. The van der Waals surface area contributed by atoms with Crippen LogP contribution < -0.4 is 5.32 Å². The number of carbonyl (C=O) groups excluding carboxylic acids is 1. The smallest absolute Gasteiger partial charge is 0.272 e. The zero-order chi connectivity index (χ0) is 13.4. The molecule has 0 saturated carbocycles. The number of anilines is 1. The largest absolute Gasteiger partial charge is 0.395 e. The summed E-state index contributed by atoms with van der Waals surface area (Å²) in [6.07, 6.45) is 1.01. The molecule has 0 bridgehead atoms. The molecule has 18 heavy (non-hydrogen) atoms. The fourth-order valence-electron chi connectivity index (χ4n) is 1.59. The highest BCUT2D eigenvalue weighted by Gasteiger charge is 2.15. The number of carbonyl (C=O) groups is 1. The number of rotatable bonds is 7. The summed E-state index contributed by atoms with van der Waals surface area (Å²) in [5.74, 6) is 0.564. The van der Waals surface area contributed by atoms with Gasteiger partial charge in [-0.1, -0.05) is 13.0 Å². The van der Waals surface area contributed by atoms with Gasteiger partial charge in [0.25, 0.3) is 5.91 Å². The zero-order valence-electron chi connectivity index (χ0n) is 11.0. The molecule has 0 radical (unpaired) electrons. The van der Waals surface area contributed by atoms with E-state index < -0.39 is 0 Å². The first-order valence-corrected chi connectivity index (χ1v) is 6.34. The first kappa shape index (κ1) is 14.4. The second-order valence-corrected chi connectivity index (χ2v) is 3.94. The van der Waals surface area contributed by atoms with Crippen LogP contribution in [0.4, 0.5) is 5.82 Å². The van der Waals surface area contributed by atoms with Crippen LogP contribution in [-0.2, 0) is 0 Å². The first-order chi connectivity index (χ1) is 8.72. The Hall–Kier alpha value is -1.62. The Labute approximate surface area is 108 Å². The van der Waals surface area contributed by atoms with Crippen LogP contribution in [0.15, 0.2) is 18.2 Å². The van der Waals surface area contributed by atoms with E-state index in [0.717, 1.165) is 13.0 Å². The van der Waals surface area contributed by atoms with Crippen molar-refractivity contribution in [3.8, 4) is 0 Å². The SMILES string of the molecule is CCCNc1cccc(C(=O)N(CC)CCO)n1. The number of aliphatic hydroxyl groups excluding tert-OH is 1. The average Bonchev–Trinajstić information content (AvgIpc) is 2.42. The Morgan fingerprint density at radius 2 is 2.22 bits per heavy atom. The predicted octanol–water partition coefficient (Wildman–Crippen LogP) is 1.36. The molecule has 1 heterocycles. The maximum Gasteiger partial charge on any atom is 0.272 e. The molecule has 0 aromatic carbocycles. The molecule has 2 N–H and O–H groups in total. The van der Waals surface area contributed by atoms with E-state index in [9.17, 15) is 4.79 Å². The van der Waals surface area contributed by atoms with E-state index in [1.807, 2.05) is 19.1 Å². The Kier molecular flexibility index (Phi) is 6.14. The van der Waals surface area contributed by atoms with Gasteiger partial charge in [0.1, 0.15) is 11.5 Å². The van der Waals surface area contributed by atoms with E-state index in [0.29, 0.717) is 24.6 Å². The number of likely N-dealkylation sites (N-methyl/N-ethyl adjacent to an activating group) is 1. The molecule has 0 fully saturated rings. The van der Waals surface area contributed by atoms with Gasteiger partial charge in [0.15, 0.2) is 0 Å². The first-order valence-electron chi connectivity index (χ1n) is 6.34. The van der Waals surface area contributed by atoms with E-state index in [1.165, 1.54) is 0 Å². The number of aliphatic hydroxyl groups is 1. The fraction of sp³-hybridized carbons (Fsp3) is 0.538. The Morgan fingerprint density at radius 1 is 1.44 bits per heavy atom. The van der Waals surface area contributed by atoms with Crippen molar-refractivity contribution >= 4 is 11.7 Å². The molecular formula is C13H21N3O2. The number of hydrogen-bond donors (Lipinski definition) is 2. The van der Waals surface area contributed by atoms with Gasteiger partial charge in [-0.25, -0.2) is 4.98 Å². The van der Waals surface area contributed by atoms with E-state index in [-0.39, 0.29) is 12.5 Å². The van der Waals surface area contributed by atoms with Gasteiger partial charge in [-0.2, -0.15) is 0 Å². The van der Waals surface area contributed by atoms with Crippen LogP contribution in [0, 0.1) is 0 Å². The summed E-state index contributed by atoms with van der Waals surface area (Å²) < 4.78 is 0. The van der Waals surface area contributed by atoms with Crippen molar-refractivity contribution in [2.24, 2.45) is 0 Å². The van der Waals surface area contributed by atoms with Crippen LogP contribution in [0.2, 0.25) is 0 Å². The summed E-state index contributed by atoms with van der Waals surface area (Å²) in [6, 6.07) is 5.35. The molecule has 1 rings (SSSR count). The molecule has 0 unspecified atom stereocenters. The number of aromatic nitrogens is 1. The summed E-state index contributed by atoms with van der Waals surface area (Å²) in [5, 5.41) is 12.1. The third kappa shape index (κ3) is 4.00. The molecular weight excluding hydrogens is 230 g/mol. The molecule has 5 heteroatoms. The van der Waals surface area contributed by atoms with Gasteiger partial charge in [-0.3, -0.25) is 4.79 Å². The zero-order valence-corrected chi connectivity index (χ0v) is 11.0. The standard InChI is InChI=1S/C13H21N3O2/c1-3-8-14-12-7-5-6-11(15-12)13(18)16(4-2)9-10-17/h5-7,17H,3-4,8-10H2,1-2H3,(H,14,15). The van der Waals surface area contributed by atoms with Crippen molar-refractivity contribution in [1.82, 2.24) is 9.88 Å². The minimum Gasteiger partial charge on any atom is -0.395 e. The lowest BCUT2D eigenvalue weighted by atomic mass is 10.3. The van der Waals surface area contributed by atoms with Gasteiger partial charge in [0, 0.05) is 19.6 Å². The lowest BCUT2D eigenvalue weighted by molar-refractivity contribution is 0.0726. The van der Waals surface area contributed by atoms with Crippen molar-refractivity contribution < 1.29 is 9.90 Å². The highest BCUT2D eigenvalue weighted by Crippen LogP contribution is 2.07. The van der Waals surface area contributed by atoms with E-state index in [1.54, 1.807) is 11.0 Å². The summed E-state index contributed by atoms with van der Waals surface area (Å²) in [5.41, 5.74) is 0.409. The van der Waals surface area contributed by atoms with Crippen molar-refractivity contribution in [3.05, 3.63) is 23.9 Å². The summed E-state index contributed by atoms with van der Waals surface area (Å²) >= 11 is 0. The predicted molar refractivity (Wildman–Crippen MR) is 71.7 cm³/mol. The molecule has 0 atom stereocenters. The molecule has 100 valence electrons. The van der Waals surface area contributed by atoms with Crippen LogP contribution >= 0.6 is 0 Å². The molecule has 0 aliphatic rings. The van der Waals surface area contributed by atoms with Gasteiger partial charge < -0.3 is 15.3 Å². The Balaban J connectivity index is 2.78. The highest BCUT2D eigenvalue weighted by molar-refractivity contribution is 5.92. The molecule has 1 aromatic heterocycles. The van der Waals surface area contributed by atoms with Crippen molar-refractivity contribution in [2.45, 2.75) is 20.3 Å². The van der Waals surface area contributed by atoms with Crippen LogP contribution in [0.3, 0.4) is 0 Å². The summed E-state index contributed by atoms with van der Waals surface area (Å²) in [6.45, 7) is 5.65. The average molecular weight is 251 g/mol. The van der Waals surface area contributed by atoms with Crippen molar-refractivity contribution in [1.29, 1.82) is 0 Å². The van der Waals surface area contributed by atoms with E-state index in [2.05, 4.69) is 17.2 Å². The van der Waals surface area contributed by atoms with Crippen LogP contribution in [-0.4, -0.2) is 47.1 Å². The van der Waals surface area contributed by atoms with Gasteiger partial charge in [-0.05, 0) is 25.5 Å². The minimum absolute atomic E-state index is 0.0344. The molecule has 0 aliphatic carbocycles. The van der Waals surface area contributed by atoms with Gasteiger partial charge in [0.2, 0.25) is 0 Å². The number of nitrogens with one attached hydrogen (secondary N) is 1. The Bertz CT molecular complexity index is 382. The lowest BCUT2D eigenvalue weighted by Crippen LogP contribution is -2.33. The van der Waals surface area contributed by atoms with Gasteiger partial charge >= 0.3 is 0 Å². The fourth-order valence-corrected chi connectivity index (χ4v) is 1.59. The molecule has 0 aliphatic heterocycles. The van der Waals surface area contributed by atoms with E-state index in [4.69, 9.17) is 5.11 Å². The van der Waals surface area contributed by atoms with Gasteiger partial charge in [0.05, 0.1) is 6.61 Å². The quantitative estimate of drug-likeness (QED) is 0.768. The molecule has 0 saturated heterocycles. The van der Waals surface area contributed by atoms with Crippen LogP contribution in [0.1, 0.15) is 30.8 Å².